The van der Waals surface area contributed by atoms with Gasteiger partial charge < -0.3 is 19.7 Å². The third-order valence-electron chi connectivity index (χ3n) is 5.53. The lowest BCUT2D eigenvalue weighted by Crippen LogP contribution is -2.41. The topological polar surface area (TPSA) is 131 Å². The van der Waals surface area contributed by atoms with Crippen LogP contribution in [-0.2, 0) is 9.53 Å². The number of nitrogens with zero attached hydrogens (tertiary/aromatic N) is 1. The number of hydrogen-bond donors (Lipinski definition) is 3. The van der Waals surface area contributed by atoms with Gasteiger partial charge in [-0.1, -0.05) is 53.7 Å². The average Bonchev–Trinajstić information content (AvgIpc) is 3.43. The number of carbonyl (C=O) groups is 3. The largest absolute Gasteiger partial charge is 0.480 e. The first kappa shape index (κ1) is 23.4. The Morgan fingerprint density at radius 2 is 1.76 bits per heavy atom. The maximum absolute atomic E-state index is 12.4. The Hall–Kier alpha value is -3.79. The molecule has 1 atom stereocenters. The summed E-state index contributed by atoms with van der Waals surface area (Å²) in [6.07, 6.45) is 1.36. The lowest BCUT2D eigenvalue weighted by Gasteiger charge is -2.14. The molecule has 0 unspecified atom stereocenters. The fourth-order valence-corrected chi connectivity index (χ4v) is 4.37. The Morgan fingerprint density at radius 1 is 1.12 bits per heavy atom. The van der Waals surface area contributed by atoms with Crippen LogP contribution in [0, 0.1) is 0 Å². The molecule has 0 spiro atoms. The molecule has 0 aliphatic heterocycles. The van der Waals surface area contributed by atoms with Crippen molar-refractivity contribution in [2.45, 2.75) is 18.4 Å². The number of aromatic nitrogens is 1. The first-order chi connectivity index (χ1) is 16.5. The highest BCUT2D eigenvalue weighted by Gasteiger charge is 2.29. The molecule has 1 heterocycles. The van der Waals surface area contributed by atoms with Gasteiger partial charge in [0.05, 0.1) is 0 Å². The van der Waals surface area contributed by atoms with E-state index in [-0.39, 0.29) is 30.5 Å². The molecule has 10 heteroatoms. The quantitative estimate of drug-likeness (QED) is 0.418. The van der Waals surface area contributed by atoms with Gasteiger partial charge in [0.25, 0.3) is 5.91 Å². The van der Waals surface area contributed by atoms with E-state index in [9.17, 15) is 19.5 Å². The molecule has 3 aromatic rings. The number of nitrogens with one attached hydrogen (secondary N) is 2. The highest BCUT2D eigenvalue weighted by Crippen LogP contribution is 2.44. The average molecular weight is 482 g/mol. The number of fused-ring (bicyclic) bond motifs is 3. The van der Waals surface area contributed by atoms with Gasteiger partial charge in [-0.05, 0) is 40.7 Å². The first-order valence-electron chi connectivity index (χ1n) is 10.6. The van der Waals surface area contributed by atoms with Gasteiger partial charge in [0, 0.05) is 12.0 Å². The number of carbonyl (C=O) groups excluding carboxylic acids is 2. The number of anilines is 1. The molecular weight excluding hydrogens is 458 g/mol. The summed E-state index contributed by atoms with van der Waals surface area (Å²) in [7, 11) is 0. The van der Waals surface area contributed by atoms with Crippen molar-refractivity contribution >= 4 is 35.6 Å². The zero-order chi connectivity index (χ0) is 24.1. The van der Waals surface area contributed by atoms with Crippen molar-refractivity contribution < 1.29 is 28.8 Å². The number of rotatable bonds is 9. The minimum atomic E-state index is -1.14. The maximum atomic E-state index is 12.4. The van der Waals surface area contributed by atoms with Gasteiger partial charge >= 0.3 is 12.1 Å². The molecule has 0 saturated heterocycles. The molecular formula is C24H23N3O6S. The zero-order valence-corrected chi connectivity index (χ0v) is 19.1. The number of benzene rings is 2. The number of aliphatic carboxylic acids is 1. The minimum absolute atomic E-state index is 0.0849. The monoisotopic (exact) mass is 481 g/mol. The van der Waals surface area contributed by atoms with Gasteiger partial charge in [-0.3, -0.25) is 10.1 Å². The SMILES string of the molecule is CSCC[C@H](NC(=O)c1cc(NC(=O)OCC2c3ccccc3-c3ccccc32)on1)C(=O)O. The summed E-state index contributed by atoms with van der Waals surface area (Å²) >= 11 is 1.48. The van der Waals surface area contributed by atoms with E-state index in [1.165, 1.54) is 17.8 Å². The van der Waals surface area contributed by atoms with E-state index in [1.54, 1.807) is 0 Å². The lowest BCUT2D eigenvalue weighted by atomic mass is 9.98. The Kier molecular flexibility index (Phi) is 7.17. The summed E-state index contributed by atoms with van der Waals surface area (Å²) in [5.74, 6) is -1.45. The number of thioether (sulfide) groups is 1. The third kappa shape index (κ3) is 5.07. The molecule has 0 radical (unpaired) electrons. The van der Waals surface area contributed by atoms with E-state index in [2.05, 4.69) is 15.8 Å². The molecule has 9 nitrogen and oxygen atoms in total. The summed E-state index contributed by atoms with van der Waals surface area (Å²) in [4.78, 5) is 36.0. The summed E-state index contributed by atoms with van der Waals surface area (Å²) in [6.45, 7) is 0.122. The van der Waals surface area contributed by atoms with Crippen LogP contribution in [0.2, 0.25) is 0 Å². The molecule has 1 aliphatic rings. The standard InChI is InChI=1S/C24H23N3O6S/c1-34-11-10-19(23(29)30)25-22(28)20-12-21(33-27-20)26-24(31)32-13-18-16-8-4-2-6-14(16)15-7-3-5-9-17(15)18/h2-9,12,18-19H,10-11,13H2,1H3,(H,25,28)(H,26,31)(H,29,30)/t19-/m0/s1. The molecule has 0 bridgehead atoms. The molecule has 0 saturated carbocycles. The van der Waals surface area contributed by atoms with Crippen molar-refractivity contribution in [1.29, 1.82) is 0 Å². The second-order valence-electron chi connectivity index (χ2n) is 7.67. The van der Waals surface area contributed by atoms with Gasteiger partial charge in [-0.15, -0.1) is 0 Å². The van der Waals surface area contributed by atoms with E-state index >= 15 is 0 Å². The van der Waals surface area contributed by atoms with Crippen LogP contribution in [0.5, 0.6) is 0 Å². The predicted octanol–water partition coefficient (Wildman–Crippen LogP) is 3.97. The summed E-state index contributed by atoms with van der Waals surface area (Å²) in [5, 5.41) is 17.7. The van der Waals surface area contributed by atoms with E-state index < -0.39 is 24.0 Å². The summed E-state index contributed by atoms with van der Waals surface area (Å²) < 4.78 is 10.4. The van der Waals surface area contributed by atoms with Crippen LogP contribution in [0.1, 0.15) is 34.0 Å². The van der Waals surface area contributed by atoms with E-state index in [0.717, 1.165) is 22.3 Å². The smallest absolute Gasteiger partial charge is 0.414 e. The van der Waals surface area contributed by atoms with Crippen LogP contribution in [-0.4, -0.2) is 52.9 Å². The second-order valence-corrected chi connectivity index (χ2v) is 8.66. The molecule has 4 rings (SSSR count). The van der Waals surface area contributed by atoms with Crippen molar-refractivity contribution in [3.8, 4) is 11.1 Å². The van der Waals surface area contributed by atoms with Gasteiger partial charge in [-0.25, -0.2) is 9.59 Å². The van der Waals surface area contributed by atoms with Crippen molar-refractivity contribution in [2.75, 3.05) is 23.9 Å². The second kappa shape index (κ2) is 10.4. The molecule has 1 aromatic heterocycles. The third-order valence-corrected chi connectivity index (χ3v) is 6.17. The predicted molar refractivity (Wildman–Crippen MR) is 127 cm³/mol. The summed E-state index contributed by atoms with van der Waals surface area (Å²) in [5.41, 5.74) is 4.27. The maximum Gasteiger partial charge on any atom is 0.414 e. The minimum Gasteiger partial charge on any atom is -0.480 e. The highest BCUT2D eigenvalue weighted by atomic mass is 32.2. The van der Waals surface area contributed by atoms with Crippen LogP contribution in [0.4, 0.5) is 10.7 Å². The summed E-state index contributed by atoms with van der Waals surface area (Å²) in [6, 6.07) is 16.2. The number of ether oxygens (including phenoxy) is 1. The Balaban J connectivity index is 1.35. The first-order valence-corrected chi connectivity index (χ1v) is 12.0. The molecule has 176 valence electrons. The Labute approximate surface area is 199 Å². The molecule has 3 N–H and O–H groups in total. The van der Waals surface area contributed by atoms with Gasteiger partial charge in [-0.2, -0.15) is 11.8 Å². The van der Waals surface area contributed by atoms with E-state index in [1.807, 2.05) is 54.8 Å². The molecule has 34 heavy (non-hydrogen) atoms. The lowest BCUT2D eigenvalue weighted by molar-refractivity contribution is -0.139. The zero-order valence-electron chi connectivity index (χ0n) is 18.3. The molecule has 2 amide bonds. The van der Waals surface area contributed by atoms with Crippen molar-refractivity contribution in [3.05, 3.63) is 71.4 Å². The van der Waals surface area contributed by atoms with Crippen molar-refractivity contribution in [3.63, 3.8) is 0 Å². The van der Waals surface area contributed by atoms with Crippen LogP contribution in [0.15, 0.2) is 59.1 Å². The Morgan fingerprint density at radius 3 is 2.38 bits per heavy atom. The fraction of sp³-hybridized carbons (Fsp3) is 0.250. The molecule has 0 fully saturated rings. The number of carboxylic acid groups (broad SMARTS) is 1. The van der Waals surface area contributed by atoms with Crippen molar-refractivity contribution in [2.24, 2.45) is 0 Å². The van der Waals surface area contributed by atoms with Crippen LogP contribution >= 0.6 is 11.8 Å². The van der Waals surface area contributed by atoms with Crippen LogP contribution in [0.3, 0.4) is 0 Å². The normalized spacial score (nSPS) is 13.0. The molecule has 2 aromatic carbocycles. The van der Waals surface area contributed by atoms with E-state index in [4.69, 9.17) is 9.26 Å². The van der Waals surface area contributed by atoms with E-state index in [0.29, 0.717) is 5.75 Å². The van der Waals surface area contributed by atoms with Crippen LogP contribution < -0.4 is 10.6 Å². The fourth-order valence-electron chi connectivity index (χ4n) is 3.90. The highest BCUT2D eigenvalue weighted by molar-refractivity contribution is 7.98. The number of amides is 2. The Bertz CT molecular complexity index is 1170. The van der Waals surface area contributed by atoms with Crippen molar-refractivity contribution in [1.82, 2.24) is 10.5 Å². The van der Waals surface area contributed by atoms with Gasteiger partial charge in [0.15, 0.2) is 5.69 Å². The number of hydrogen-bond acceptors (Lipinski definition) is 7. The van der Waals surface area contributed by atoms with Gasteiger partial charge in [0.2, 0.25) is 5.88 Å². The molecule has 1 aliphatic carbocycles. The number of carboxylic acids is 1. The van der Waals surface area contributed by atoms with Crippen LogP contribution in [0.25, 0.3) is 11.1 Å². The van der Waals surface area contributed by atoms with Gasteiger partial charge in [0.1, 0.15) is 12.6 Å².